The molecule has 0 saturated heterocycles. The summed E-state index contributed by atoms with van der Waals surface area (Å²) in [6.45, 7) is 2.22. The van der Waals surface area contributed by atoms with E-state index in [1.165, 1.54) is 44.1 Å². The van der Waals surface area contributed by atoms with Gasteiger partial charge in [-0.05, 0) is 73.8 Å². The van der Waals surface area contributed by atoms with E-state index in [1.807, 2.05) is 0 Å². The highest BCUT2D eigenvalue weighted by atomic mass is 16.1. The fraction of sp³-hybridized carbons (Fsp3) is 0.682. The summed E-state index contributed by atoms with van der Waals surface area (Å²) in [5.74, 6) is 3.08. The molecule has 1 aromatic carbocycles. The van der Waals surface area contributed by atoms with E-state index in [2.05, 4.69) is 31.2 Å². The predicted octanol–water partition coefficient (Wildman–Crippen LogP) is 6.06. The minimum absolute atomic E-state index is 0.496. The van der Waals surface area contributed by atoms with Crippen LogP contribution in [0.1, 0.15) is 88.2 Å². The number of Topliss-reactive ketones (excluding diaryl/α,β-unsaturated/α-hetero) is 1. The Bertz CT molecular complexity index is 483. The number of rotatable bonds is 5. The molecular formula is C22H32O. The van der Waals surface area contributed by atoms with E-state index in [9.17, 15) is 4.79 Å². The normalized spacial score (nSPS) is 26.4. The van der Waals surface area contributed by atoms with Crippen molar-refractivity contribution >= 4 is 5.78 Å². The minimum atomic E-state index is 0.496. The molecule has 126 valence electrons. The van der Waals surface area contributed by atoms with Crippen molar-refractivity contribution in [2.45, 2.75) is 83.5 Å². The van der Waals surface area contributed by atoms with E-state index < -0.39 is 0 Å². The highest BCUT2D eigenvalue weighted by Gasteiger charge is 2.24. The lowest BCUT2D eigenvalue weighted by molar-refractivity contribution is -0.121. The molecule has 3 rings (SSSR count). The van der Waals surface area contributed by atoms with Gasteiger partial charge in [-0.3, -0.25) is 4.79 Å². The van der Waals surface area contributed by atoms with Gasteiger partial charge in [0, 0.05) is 12.8 Å². The molecule has 2 fully saturated rings. The van der Waals surface area contributed by atoms with Crippen LogP contribution in [-0.2, 0) is 11.2 Å². The molecule has 1 aromatic rings. The molecule has 0 bridgehead atoms. The van der Waals surface area contributed by atoms with Crippen molar-refractivity contribution < 1.29 is 4.79 Å². The van der Waals surface area contributed by atoms with Crippen LogP contribution >= 0.6 is 0 Å². The van der Waals surface area contributed by atoms with E-state index in [4.69, 9.17) is 0 Å². The highest BCUT2D eigenvalue weighted by molar-refractivity contribution is 5.78. The Labute approximate surface area is 141 Å². The first-order valence-electron chi connectivity index (χ1n) is 9.85. The molecule has 0 aliphatic heterocycles. The largest absolute Gasteiger partial charge is 0.300 e. The first kappa shape index (κ1) is 16.7. The fourth-order valence-electron chi connectivity index (χ4n) is 4.57. The average Bonchev–Trinajstić information content (AvgIpc) is 2.62. The molecule has 0 N–H and O–H groups in total. The summed E-state index contributed by atoms with van der Waals surface area (Å²) in [4.78, 5) is 11.3. The minimum Gasteiger partial charge on any atom is -0.300 e. The van der Waals surface area contributed by atoms with Crippen LogP contribution in [0, 0.1) is 11.8 Å². The van der Waals surface area contributed by atoms with Gasteiger partial charge in [0.15, 0.2) is 0 Å². The van der Waals surface area contributed by atoms with Gasteiger partial charge >= 0.3 is 0 Å². The van der Waals surface area contributed by atoms with E-state index in [1.54, 1.807) is 5.56 Å². The quantitative estimate of drug-likeness (QED) is 0.645. The summed E-state index contributed by atoms with van der Waals surface area (Å²) in [5, 5.41) is 0. The molecule has 2 aliphatic carbocycles. The Kier molecular flexibility index (Phi) is 5.91. The SMILES string of the molecule is CCc1ccc(C2CCC(CCC3CCC(=O)CC3)CC2)cc1. The van der Waals surface area contributed by atoms with Gasteiger partial charge in [0.05, 0.1) is 0 Å². The summed E-state index contributed by atoms with van der Waals surface area (Å²) in [6.07, 6.45) is 13.5. The lowest BCUT2D eigenvalue weighted by Crippen LogP contribution is -2.17. The van der Waals surface area contributed by atoms with Crippen LogP contribution in [0.2, 0.25) is 0 Å². The second-order valence-corrected chi connectivity index (χ2v) is 7.87. The molecule has 1 nitrogen and oxygen atoms in total. The zero-order valence-corrected chi connectivity index (χ0v) is 14.7. The zero-order chi connectivity index (χ0) is 16.1. The van der Waals surface area contributed by atoms with Gasteiger partial charge in [0.1, 0.15) is 5.78 Å². The van der Waals surface area contributed by atoms with Gasteiger partial charge in [-0.15, -0.1) is 0 Å². The van der Waals surface area contributed by atoms with Gasteiger partial charge in [0.25, 0.3) is 0 Å². The third-order valence-corrected chi connectivity index (χ3v) is 6.35. The van der Waals surface area contributed by atoms with Crippen molar-refractivity contribution in [1.82, 2.24) is 0 Å². The summed E-state index contributed by atoms with van der Waals surface area (Å²) in [5.41, 5.74) is 3.01. The maximum atomic E-state index is 11.3. The molecule has 0 spiro atoms. The van der Waals surface area contributed by atoms with Crippen molar-refractivity contribution in [2.24, 2.45) is 11.8 Å². The first-order chi connectivity index (χ1) is 11.2. The summed E-state index contributed by atoms with van der Waals surface area (Å²) < 4.78 is 0. The topological polar surface area (TPSA) is 17.1 Å². The molecule has 0 aromatic heterocycles. The number of carbonyl (C=O) groups is 1. The van der Waals surface area contributed by atoms with Crippen LogP contribution in [0.5, 0.6) is 0 Å². The van der Waals surface area contributed by atoms with Crippen LogP contribution in [0.4, 0.5) is 0 Å². The second-order valence-electron chi connectivity index (χ2n) is 7.87. The van der Waals surface area contributed by atoms with E-state index in [0.29, 0.717) is 5.78 Å². The second kappa shape index (κ2) is 8.13. The molecule has 0 atom stereocenters. The Balaban J connectivity index is 1.40. The summed E-state index contributed by atoms with van der Waals surface area (Å²) in [7, 11) is 0. The lowest BCUT2D eigenvalue weighted by Gasteiger charge is -2.30. The number of carbonyl (C=O) groups excluding carboxylic acids is 1. The smallest absolute Gasteiger partial charge is 0.132 e. The molecular weight excluding hydrogens is 280 g/mol. The van der Waals surface area contributed by atoms with Gasteiger partial charge in [-0.1, -0.05) is 44.0 Å². The molecule has 0 amide bonds. The van der Waals surface area contributed by atoms with E-state index >= 15 is 0 Å². The highest BCUT2D eigenvalue weighted by Crippen LogP contribution is 2.39. The summed E-state index contributed by atoms with van der Waals surface area (Å²) in [6, 6.07) is 9.35. The molecule has 23 heavy (non-hydrogen) atoms. The van der Waals surface area contributed by atoms with Gasteiger partial charge in [0.2, 0.25) is 0 Å². The Morgan fingerprint density at radius 2 is 1.39 bits per heavy atom. The Morgan fingerprint density at radius 3 is 1.96 bits per heavy atom. The van der Waals surface area contributed by atoms with Gasteiger partial charge in [-0.25, -0.2) is 0 Å². The first-order valence-corrected chi connectivity index (χ1v) is 9.85. The van der Waals surface area contributed by atoms with Crippen LogP contribution in [0.3, 0.4) is 0 Å². The Morgan fingerprint density at radius 1 is 0.826 bits per heavy atom. The van der Waals surface area contributed by atoms with Crippen LogP contribution in [0.15, 0.2) is 24.3 Å². The van der Waals surface area contributed by atoms with Gasteiger partial charge < -0.3 is 0 Å². The maximum absolute atomic E-state index is 11.3. The van der Waals surface area contributed by atoms with Crippen molar-refractivity contribution in [3.05, 3.63) is 35.4 Å². The lowest BCUT2D eigenvalue weighted by atomic mass is 9.75. The standard InChI is InChI=1S/C22H32O/c1-2-17-5-11-20(12-6-17)21-13-7-18(8-14-21)3-4-19-9-15-22(23)16-10-19/h5-6,11-12,18-19,21H,2-4,7-10,13-16H2,1H3. The fourth-order valence-corrected chi connectivity index (χ4v) is 4.57. The van der Waals surface area contributed by atoms with Gasteiger partial charge in [-0.2, -0.15) is 0 Å². The van der Waals surface area contributed by atoms with Crippen LogP contribution in [-0.4, -0.2) is 5.78 Å². The third kappa shape index (κ3) is 4.68. The van der Waals surface area contributed by atoms with E-state index in [-0.39, 0.29) is 0 Å². The number of hydrogen-bond acceptors (Lipinski definition) is 1. The molecule has 2 saturated carbocycles. The molecule has 1 heteroatoms. The molecule has 2 aliphatic rings. The number of benzene rings is 1. The predicted molar refractivity (Wildman–Crippen MR) is 96.7 cm³/mol. The van der Waals surface area contributed by atoms with Crippen molar-refractivity contribution in [1.29, 1.82) is 0 Å². The van der Waals surface area contributed by atoms with Crippen molar-refractivity contribution in [3.63, 3.8) is 0 Å². The van der Waals surface area contributed by atoms with E-state index in [0.717, 1.165) is 49.9 Å². The number of hydrogen-bond donors (Lipinski definition) is 0. The van der Waals surface area contributed by atoms with Crippen molar-refractivity contribution in [3.8, 4) is 0 Å². The zero-order valence-electron chi connectivity index (χ0n) is 14.7. The number of aryl methyl sites for hydroxylation is 1. The van der Waals surface area contributed by atoms with Crippen molar-refractivity contribution in [2.75, 3.05) is 0 Å². The third-order valence-electron chi connectivity index (χ3n) is 6.35. The maximum Gasteiger partial charge on any atom is 0.132 e. The summed E-state index contributed by atoms with van der Waals surface area (Å²) >= 11 is 0. The molecule has 0 radical (unpaired) electrons. The number of ketones is 1. The average molecular weight is 312 g/mol. The monoisotopic (exact) mass is 312 g/mol. The van der Waals surface area contributed by atoms with Crippen LogP contribution < -0.4 is 0 Å². The molecule has 0 heterocycles. The Hall–Kier alpha value is -1.11. The van der Waals surface area contributed by atoms with Crippen LogP contribution in [0.25, 0.3) is 0 Å². The molecule has 0 unspecified atom stereocenters.